The molecule has 1 saturated heterocycles. The molecule has 8 nitrogen and oxygen atoms in total. The van der Waals surface area contributed by atoms with E-state index in [0.29, 0.717) is 45.4 Å². The lowest BCUT2D eigenvalue weighted by Crippen LogP contribution is -2.29. The molecule has 1 amide bonds. The molecule has 1 aliphatic heterocycles. The van der Waals surface area contributed by atoms with Crippen LogP contribution >= 0.6 is 34.7 Å². The van der Waals surface area contributed by atoms with Gasteiger partial charge in [0.1, 0.15) is 11.6 Å². The van der Waals surface area contributed by atoms with Gasteiger partial charge in [0.25, 0.3) is 5.78 Å². The van der Waals surface area contributed by atoms with E-state index in [9.17, 15) is 19.1 Å². The molecule has 43 heavy (non-hydrogen) atoms. The Hall–Kier alpha value is -3.93. The molecular formula is C31H27ClFN3O5S2. The molecule has 0 aliphatic carbocycles. The lowest BCUT2D eigenvalue weighted by Gasteiger charge is -2.23. The summed E-state index contributed by atoms with van der Waals surface area (Å²) in [7, 11) is 0. The van der Waals surface area contributed by atoms with Crippen LogP contribution in [0.5, 0.6) is 11.5 Å². The highest BCUT2D eigenvalue weighted by Crippen LogP contribution is 2.45. The third kappa shape index (κ3) is 6.69. The number of rotatable bonds is 11. The molecule has 1 aromatic heterocycles. The monoisotopic (exact) mass is 639 g/mol. The number of benzene rings is 3. The Labute approximate surface area is 261 Å². The number of amides is 1. The van der Waals surface area contributed by atoms with Gasteiger partial charge >= 0.3 is 5.91 Å². The van der Waals surface area contributed by atoms with Gasteiger partial charge < -0.3 is 14.6 Å². The number of aliphatic hydroxyl groups excluding tert-OH is 1. The molecule has 0 saturated carbocycles. The quantitative estimate of drug-likeness (QED) is 0.0594. The molecule has 1 unspecified atom stereocenters. The molecule has 1 fully saturated rings. The van der Waals surface area contributed by atoms with E-state index >= 15 is 0 Å². The van der Waals surface area contributed by atoms with E-state index in [1.807, 2.05) is 26.0 Å². The molecular weight excluding hydrogens is 613 g/mol. The number of hydrogen-bond acceptors (Lipinski definition) is 9. The number of carbonyl (C=O) groups is 2. The van der Waals surface area contributed by atoms with Crippen LogP contribution in [0.1, 0.15) is 43.0 Å². The number of anilines is 1. The van der Waals surface area contributed by atoms with Crippen molar-refractivity contribution in [3.63, 3.8) is 0 Å². The van der Waals surface area contributed by atoms with E-state index in [1.54, 1.807) is 30.3 Å². The van der Waals surface area contributed by atoms with Gasteiger partial charge in [-0.15, -0.1) is 10.2 Å². The van der Waals surface area contributed by atoms with Gasteiger partial charge in [0.05, 0.1) is 24.8 Å². The number of ether oxygens (including phenoxy) is 2. The summed E-state index contributed by atoms with van der Waals surface area (Å²) in [6.07, 6.45) is 0.792. The first-order valence-corrected chi connectivity index (χ1v) is 15.7. The average molecular weight is 640 g/mol. The number of aliphatic hydroxyl groups is 1. The third-order valence-corrected chi connectivity index (χ3v) is 8.86. The first kappa shape index (κ1) is 30.5. The fraction of sp³-hybridized carbons (Fsp3) is 0.226. The van der Waals surface area contributed by atoms with Gasteiger partial charge in [-0.1, -0.05) is 59.8 Å². The highest BCUT2D eigenvalue weighted by molar-refractivity contribution is 8.00. The molecule has 0 bridgehead atoms. The number of aromatic nitrogens is 2. The Morgan fingerprint density at radius 1 is 1.02 bits per heavy atom. The molecule has 1 aliphatic rings. The normalized spacial score (nSPS) is 16.1. The molecule has 5 rings (SSSR count). The Morgan fingerprint density at radius 3 is 2.47 bits per heavy atom. The average Bonchev–Trinajstić information content (AvgIpc) is 3.58. The Kier molecular flexibility index (Phi) is 9.64. The summed E-state index contributed by atoms with van der Waals surface area (Å²) >= 11 is 8.57. The van der Waals surface area contributed by atoms with E-state index in [1.165, 1.54) is 40.9 Å². The van der Waals surface area contributed by atoms with Crippen molar-refractivity contribution in [1.82, 2.24) is 10.2 Å². The Morgan fingerprint density at radius 2 is 1.77 bits per heavy atom. The summed E-state index contributed by atoms with van der Waals surface area (Å²) < 4.78 is 25.9. The van der Waals surface area contributed by atoms with Crippen LogP contribution in [0.3, 0.4) is 0 Å². The lowest BCUT2D eigenvalue weighted by atomic mass is 9.95. The second kappa shape index (κ2) is 13.6. The standard InChI is InChI=1S/C31H27ClFN3O5S2/c1-3-15-41-23-14-9-20(16-24(23)40-4-2)26-25(27(37)19-7-12-22(33)13-8-19)28(38)29(39)36(26)30-34-35-31(43-30)42-17-18-5-10-21(32)11-6-18/h5-14,16,26,37H,3-4,15,17H2,1-2H3/b27-25+. The van der Waals surface area contributed by atoms with Crippen molar-refractivity contribution in [3.05, 3.63) is 99.8 Å². The van der Waals surface area contributed by atoms with Crippen LogP contribution in [0.25, 0.3) is 5.76 Å². The maximum Gasteiger partial charge on any atom is 0.301 e. The summed E-state index contributed by atoms with van der Waals surface area (Å²) in [5.74, 6) is -1.18. The topological polar surface area (TPSA) is 102 Å². The number of nitrogens with zero attached hydrogens (tertiary/aromatic N) is 3. The SMILES string of the molecule is CCCOc1ccc(C2/C(=C(\O)c3ccc(F)cc3)C(=O)C(=O)N2c2nnc(SCc3ccc(Cl)cc3)s2)cc1OCC. The number of halogens is 2. The van der Waals surface area contributed by atoms with Gasteiger partial charge in [-0.3, -0.25) is 14.5 Å². The van der Waals surface area contributed by atoms with Crippen molar-refractivity contribution < 1.29 is 28.6 Å². The zero-order chi connectivity index (χ0) is 30.5. The molecule has 222 valence electrons. The number of hydrogen-bond donors (Lipinski definition) is 1. The fourth-order valence-corrected chi connectivity index (χ4v) is 6.44. The summed E-state index contributed by atoms with van der Waals surface area (Å²) in [4.78, 5) is 28.3. The maximum absolute atomic E-state index is 13.7. The predicted octanol–water partition coefficient (Wildman–Crippen LogP) is 7.44. The van der Waals surface area contributed by atoms with E-state index in [2.05, 4.69) is 10.2 Å². The molecule has 1 N–H and O–H groups in total. The van der Waals surface area contributed by atoms with Crippen molar-refractivity contribution in [3.8, 4) is 11.5 Å². The van der Waals surface area contributed by atoms with Crippen molar-refractivity contribution in [2.45, 2.75) is 36.4 Å². The molecule has 0 spiro atoms. The highest BCUT2D eigenvalue weighted by Gasteiger charge is 2.48. The van der Waals surface area contributed by atoms with Crippen molar-refractivity contribution in [2.24, 2.45) is 0 Å². The minimum Gasteiger partial charge on any atom is -0.507 e. The van der Waals surface area contributed by atoms with Crippen LogP contribution in [-0.2, 0) is 15.3 Å². The predicted molar refractivity (Wildman–Crippen MR) is 166 cm³/mol. The smallest absolute Gasteiger partial charge is 0.301 e. The van der Waals surface area contributed by atoms with Crippen LogP contribution in [0, 0.1) is 5.82 Å². The largest absolute Gasteiger partial charge is 0.507 e. The summed E-state index contributed by atoms with van der Waals surface area (Å²) in [5.41, 5.74) is 1.54. The third-order valence-electron chi connectivity index (χ3n) is 6.48. The summed E-state index contributed by atoms with van der Waals surface area (Å²) in [6, 6.07) is 16.5. The van der Waals surface area contributed by atoms with Crippen LogP contribution in [0.2, 0.25) is 5.02 Å². The van der Waals surface area contributed by atoms with Gasteiger partial charge in [-0.05, 0) is 73.0 Å². The van der Waals surface area contributed by atoms with Crippen LogP contribution in [0.4, 0.5) is 9.52 Å². The summed E-state index contributed by atoms with van der Waals surface area (Å²) in [6.45, 7) is 4.65. The minimum atomic E-state index is -1.06. The first-order chi connectivity index (χ1) is 20.8. The lowest BCUT2D eigenvalue weighted by molar-refractivity contribution is -0.132. The molecule has 4 aromatic rings. The van der Waals surface area contributed by atoms with Crippen molar-refractivity contribution >= 4 is 57.3 Å². The number of Topliss-reactive ketones (excluding diaryl/α,β-unsaturated/α-hetero) is 1. The molecule has 12 heteroatoms. The summed E-state index contributed by atoms with van der Waals surface area (Å²) in [5, 5.41) is 20.7. The van der Waals surface area contributed by atoms with E-state index in [0.717, 1.165) is 23.3 Å². The van der Waals surface area contributed by atoms with E-state index in [4.69, 9.17) is 21.1 Å². The maximum atomic E-state index is 13.7. The van der Waals surface area contributed by atoms with Crippen LogP contribution < -0.4 is 14.4 Å². The van der Waals surface area contributed by atoms with Gasteiger partial charge in [0.15, 0.2) is 15.8 Å². The Bertz CT molecular complexity index is 1660. The van der Waals surface area contributed by atoms with E-state index in [-0.39, 0.29) is 16.3 Å². The zero-order valence-electron chi connectivity index (χ0n) is 23.3. The van der Waals surface area contributed by atoms with Crippen molar-refractivity contribution in [1.29, 1.82) is 0 Å². The van der Waals surface area contributed by atoms with Gasteiger partial charge in [0, 0.05) is 16.3 Å². The number of ketones is 1. The Balaban J connectivity index is 1.57. The second-order valence-electron chi connectivity index (χ2n) is 9.43. The van der Waals surface area contributed by atoms with Crippen LogP contribution in [0.15, 0.2) is 76.6 Å². The first-order valence-electron chi connectivity index (χ1n) is 13.5. The van der Waals surface area contributed by atoms with E-state index < -0.39 is 29.3 Å². The highest BCUT2D eigenvalue weighted by atomic mass is 35.5. The minimum absolute atomic E-state index is 0.160. The molecule has 3 aromatic carbocycles. The second-order valence-corrected chi connectivity index (χ2v) is 12.0. The number of carbonyl (C=O) groups excluding carboxylic acids is 2. The van der Waals surface area contributed by atoms with Gasteiger partial charge in [0.2, 0.25) is 5.13 Å². The fourth-order valence-electron chi connectivity index (χ4n) is 4.49. The van der Waals surface area contributed by atoms with Crippen molar-refractivity contribution in [2.75, 3.05) is 18.1 Å². The number of thioether (sulfide) groups is 1. The van der Waals surface area contributed by atoms with Gasteiger partial charge in [-0.2, -0.15) is 0 Å². The zero-order valence-corrected chi connectivity index (χ0v) is 25.6. The molecule has 1 atom stereocenters. The molecule has 0 radical (unpaired) electrons. The van der Waals surface area contributed by atoms with Crippen LogP contribution in [-0.4, -0.2) is 40.2 Å². The molecule has 2 heterocycles. The van der Waals surface area contributed by atoms with Gasteiger partial charge in [-0.25, -0.2) is 4.39 Å².